The van der Waals surface area contributed by atoms with E-state index in [0.29, 0.717) is 5.56 Å². The van der Waals surface area contributed by atoms with E-state index in [9.17, 15) is 5.26 Å². The molecule has 27 heavy (non-hydrogen) atoms. The van der Waals surface area contributed by atoms with Gasteiger partial charge in [0.2, 0.25) is 0 Å². The van der Waals surface area contributed by atoms with Crippen LogP contribution < -0.4 is 0 Å². The first kappa shape index (κ1) is 21.4. The van der Waals surface area contributed by atoms with Crippen molar-refractivity contribution in [2.45, 2.75) is 97.3 Å². The number of benzene rings is 1. The number of fused-ring (bicyclic) bond motifs is 1. The lowest BCUT2D eigenvalue weighted by Crippen LogP contribution is -2.23. The van der Waals surface area contributed by atoms with E-state index < -0.39 is 0 Å². The summed E-state index contributed by atoms with van der Waals surface area (Å²) in [5.41, 5.74) is 4.45. The first-order chi connectivity index (χ1) is 12.8. The summed E-state index contributed by atoms with van der Waals surface area (Å²) in [6.45, 7) is 13.4. The Bertz CT molecular complexity index is 816. The van der Waals surface area contributed by atoms with Crippen molar-refractivity contribution in [2.75, 3.05) is 0 Å². The van der Waals surface area contributed by atoms with Gasteiger partial charge in [-0.15, -0.1) is 0 Å². The molecule has 3 nitrogen and oxygen atoms in total. The van der Waals surface area contributed by atoms with Gasteiger partial charge in [-0.1, -0.05) is 67.2 Å². The third kappa shape index (κ3) is 4.67. The standard InChI is InChI=1S/C24H35N3/c1-7-10-11-12-13-24(6,9-3)21-17-26-20-15-19(23(4,5)8-2)14-18(16-25)22(20)27-21/h14-15,17H,7-13H2,1-6H3. The van der Waals surface area contributed by atoms with Gasteiger partial charge >= 0.3 is 0 Å². The topological polar surface area (TPSA) is 49.6 Å². The summed E-state index contributed by atoms with van der Waals surface area (Å²) in [5, 5.41) is 9.73. The van der Waals surface area contributed by atoms with E-state index in [-0.39, 0.29) is 10.8 Å². The van der Waals surface area contributed by atoms with E-state index in [1.807, 2.05) is 12.3 Å². The number of aromatic nitrogens is 2. The van der Waals surface area contributed by atoms with Gasteiger partial charge in [-0.25, -0.2) is 4.98 Å². The summed E-state index contributed by atoms with van der Waals surface area (Å²) in [5.74, 6) is 0. The van der Waals surface area contributed by atoms with Crippen LogP contribution in [0.2, 0.25) is 0 Å². The van der Waals surface area contributed by atoms with Crippen molar-refractivity contribution in [2.24, 2.45) is 0 Å². The quantitative estimate of drug-likeness (QED) is 0.458. The number of hydrogen-bond donors (Lipinski definition) is 0. The highest BCUT2D eigenvalue weighted by molar-refractivity contribution is 5.82. The van der Waals surface area contributed by atoms with E-state index in [4.69, 9.17) is 9.97 Å². The molecule has 0 saturated carbocycles. The molecule has 0 radical (unpaired) electrons. The van der Waals surface area contributed by atoms with Crippen molar-refractivity contribution in [1.82, 2.24) is 9.97 Å². The number of nitrogens with zero attached hydrogens (tertiary/aromatic N) is 3. The van der Waals surface area contributed by atoms with Crippen LogP contribution in [0.1, 0.15) is 103 Å². The molecular weight excluding hydrogens is 330 g/mol. The zero-order valence-corrected chi connectivity index (χ0v) is 18.0. The van der Waals surface area contributed by atoms with Gasteiger partial charge in [-0.05, 0) is 42.4 Å². The number of unbranched alkanes of at least 4 members (excludes halogenated alkanes) is 3. The monoisotopic (exact) mass is 365 g/mol. The molecule has 1 atom stereocenters. The molecule has 0 N–H and O–H groups in total. The molecule has 0 saturated heterocycles. The highest BCUT2D eigenvalue weighted by Crippen LogP contribution is 2.34. The molecule has 1 aromatic carbocycles. The second kappa shape index (κ2) is 8.83. The van der Waals surface area contributed by atoms with Gasteiger partial charge in [0.15, 0.2) is 0 Å². The average molecular weight is 366 g/mol. The minimum absolute atomic E-state index is 0.0169. The van der Waals surface area contributed by atoms with Crippen LogP contribution in [-0.4, -0.2) is 9.97 Å². The fraction of sp³-hybridized carbons (Fsp3) is 0.625. The number of rotatable bonds is 9. The highest BCUT2D eigenvalue weighted by Gasteiger charge is 2.27. The van der Waals surface area contributed by atoms with E-state index >= 15 is 0 Å². The third-order valence-corrected chi connectivity index (χ3v) is 6.41. The van der Waals surface area contributed by atoms with Crippen LogP contribution in [-0.2, 0) is 10.8 Å². The summed E-state index contributed by atoms with van der Waals surface area (Å²) >= 11 is 0. The summed E-state index contributed by atoms with van der Waals surface area (Å²) in [6.07, 6.45) is 10.1. The molecule has 2 rings (SSSR count). The SMILES string of the molecule is CCCCCCC(C)(CC)c1cnc2cc(C(C)(C)CC)cc(C#N)c2n1. The van der Waals surface area contributed by atoms with Crippen LogP contribution in [0.5, 0.6) is 0 Å². The average Bonchev–Trinajstić information content (AvgIpc) is 2.69. The van der Waals surface area contributed by atoms with Crippen molar-refractivity contribution in [3.05, 3.63) is 35.2 Å². The van der Waals surface area contributed by atoms with Gasteiger partial charge < -0.3 is 0 Å². The lowest BCUT2D eigenvalue weighted by Gasteiger charge is -2.28. The minimum atomic E-state index is 0.0169. The molecule has 1 aromatic heterocycles. The first-order valence-corrected chi connectivity index (χ1v) is 10.5. The fourth-order valence-corrected chi connectivity index (χ4v) is 3.51. The third-order valence-electron chi connectivity index (χ3n) is 6.41. The van der Waals surface area contributed by atoms with E-state index in [1.54, 1.807) is 0 Å². The van der Waals surface area contributed by atoms with Gasteiger partial charge in [-0.3, -0.25) is 4.98 Å². The van der Waals surface area contributed by atoms with Crippen molar-refractivity contribution in [3.63, 3.8) is 0 Å². The molecule has 1 heterocycles. The summed E-state index contributed by atoms with van der Waals surface area (Å²) in [7, 11) is 0. The summed E-state index contributed by atoms with van der Waals surface area (Å²) < 4.78 is 0. The van der Waals surface area contributed by atoms with Crippen molar-refractivity contribution < 1.29 is 0 Å². The smallest absolute Gasteiger partial charge is 0.107 e. The van der Waals surface area contributed by atoms with Gasteiger partial charge in [0.05, 0.1) is 16.8 Å². The van der Waals surface area contributed by atoms with Crippen LogP contribution in [0.3, 0.4) is 0 Å². The molecule has 0 amide bonds. The van der Waals surface area contributed by atoms with E-state index in [1.165, 1.54) is 25.7 Å². The Morgan fingerprint density at radius 3 is 2.33 bits per heavy atom. The number of nitriles is 1. The van der Waals surface area contributed by atoms with Gasteiger partial charge in [0, 0.05) is 11.6 Å². The van der Waals surface area contributed by atoms with Crippen molar-refractivity contribution >= 4 is 11.0 Å². The molecule has 0 aliphatic carbocycles. The van der Waals surface area contributed by atoms with Crippen molar-refractivity contribution in [1.29, 1.82) is 5.26 Å². The molecule has 0 aliphatic heterocycles. The second-order valence-corrected chi connectivity index (χ2v) is 8.72. The molecule has 146 valence electrons. The van der Waals surface area contributed by atoms with Gasteiger partial charge in [0.25, 0.3) is 0 Å². The molecule has 0 bridgehead atoms. The molecule has 0 aliphatic rings. The number of hydrogen-bond acceptors (Lipinski definition) is 3. The molecule has 0 spiro atoms. The molecule has 1 unspecified atom stereocenters. The predicted octanol–water partition coefficient (Wildman–Crippen LogP) is 6.83. The Hall–Kier alpha value is -1.95. The molecule has 3 heteroatoms. The lowest BCUT2D eigenvalue weighted by molar-refractivity contribution is 0.386. The Balaban J connectivity index is 2.46. The Kier molecular flexibility index (Phi) is 6.98. The highest BCUT2D eigenvalue weighted by atomic mass is 14.8. The van der Waals surface area contributed by atoms with Crippen LogP contribution in [0.4, 0.5) is 0 Å². The van der Waals surface area contributed by atoms with Crippen LogP contribution in [0, 0.1) is 11.3 Å². The maximum atomic E-state index is 9.73. The summed E-state index contributed by atoms with van der Waals surface area (Å²) in [6, 6.07) is 6.48. The molecular formula is C24H35N3. The van der Waals surface area contributed by atoms with Crippen LogP contribution in [0.25, 0.3) is 11.0 Å². The van der Waals surface area contributed by atoms with Gasteiger partial charge in [0.1, 0.15) is 11.6 Å². The first-order valence-electron chi connectivity index (χ1n) is 10.5. The molecule has 2 aromatic rings. The second-order valence-electron chi connectivity index (χ2n) is 8.72. The Labute approximate surface area is 165 Å². The van der Waals surface area contributed by atoms with Gasteiger partial charge in [-0.2, -0.15) is 5.26 Å². The largest absolute Gasteiger partial charge is 0.253 e. The normalized spacial score (nSPS) is 14.1. The lowest BCUT2D eigenvalue weighted by atomic mass is 9.79. The zero-order chi connectivity index (χ0) is 20.1. The molecule has 0 fully saturated rings. The van der Waals surface area contributed by atoms with Crippen molar-refractivity contribution in [3.8, 4) is 6.07 Å². The minimum Gasteiger partial charge on any atom is -0.253 e. The Morgan fingerprint density at radius 1 is 1.00 bits per heavy atom. The fourth-order valence-electron chi connectivity index (χ4n) is 3.51. The maximum Gasteiger partial charge on any atom is 0.107 e. The van der Waals surface area contributed by atoms with E-state index in [2.05, 4.69) is 53.7 Å². The maximum absolute atomic E-state index is 9.73. The Morgan fingerprint density at radius 2 is 1.74 bits per heavy atom. The van der Waals surface area contributed by atoms with E-state index in [0.717, 1.165) is 41.6 Å². The summed E-state index contributed by atoms with van der Waals surface area (Å²) in [4.78, 5) is 9.69. The van der Waals surface area contributed by atoms with Crippen LogP contribution >= 0.6 is 0 Å². The zero-order valence-electron chi connectivity index (χ0n) is 18.0. The predicted molar refractivity (Wildman–Crippen MR) is 114 cm³/mol. The van der Waals surface area contributed by atoms with Crippen LogP contribution in [0.15, 0.2) is 18.3 Å².